The molecule has 6 heteroatoms. The minimum atomic E-state index is 0.431. The van der Waals surface area contributed by atoms with E-state index in [-0.39, 0.29) is 0 Å². The highest BCUT2D eigenvalue weighted by molar-refractivity contribution is 5.73. The third kappa shape index (κ3) is 3.85. The van der Waals surface area contributed by atoms with Crippen LogP contribution >= 0.6 is 0 Å². The van der Waals surface area contributed by atoms with Crippen molar-refractivity contribution in [3.8, 4) is 34.3 Å². The van der Waals surface area contributed by atoms with E-state index in [1.54, 1.807) is 26.6 Å². The minimum Gasteiger partial charge on any atom is -0.493 e. The summed E-state index contributed by atoms with van der Waals surface area (Å²) in [7, 11) is 3.23. The monoisotopic (exact) mass is 401 g/mol. The van der Waals surface area contributed by atoms with E-state index in [9.17, 15) is 0 Å². The van der Waals surface area contributed by atoms with Crippen molar-refractivity contribution >= 4 is 0 Å². The van der Waals surface area contributed by atoms with Crippen LogP contribution in [0.1, 0.15) is 11.1 Å². The summed E-state index contributed by atoms with van der Waals surface area (Å²) in [4.78, 5) is 4.51. The second kappa shape index (κ2) is 8.69. The van der Waals surface area contributed by atoms with Crippen LogP contribution in [0, 0.1) is 6.92 Å². The molecule has 6 nitrogen and oxygen atoms in total. The fourth-order valence-corrected chi connectivity index (χ4v) is 3.29. The maximum atomic E-state index is 6.21. The first-order chi connectivity index (χ1) is 14.7. The molecule has 0 atom stereocenters. The lowest BCUT2D eigenvalue weighted by Gasteiger charge is -2.17. The van der Waals surface area contributed by atoms with Gasteiger partial charge in [-0.25, -0.2) is 9.67 Å². The summed E-state index contributed by atoms with van der Waals surface area (Å²) < 4.78 is 19.1. The molecule has 0 bridgehead atoms. The molecule has 0 aliphatic heterocycles. The predicted molar refractivity (Wildman–Crippen MR) is 115 cm³/mol. The summed E-state index contributed by atoms with van der Waals surface area (Å²) in [6.45, 7) is 2.44. The van der Waals surface area contributed by atoms with Gasteiger partial charge in [0.05, 0.1) is 26.1 Å². The largest absolute Gasteiger partial charge is 0.493 e. The van der Waals surface area contributed by atoms with Crippen LogP contribution in [0.4, 0.5) is 0 Å². The molecule has 4 rings (SSSR count). The lowest BCUT2D eigenvalue weighted by molar-refractivity contribution is 0.301. The number of hydrogen-bond donors (Lipinski definition) is 0. The summed E-state index contributed by atoms with van der Waals surface area (Å²) in [5.41, 5.74) is 3.79. The SMILES string of the molecule is COc1cc(OCc2ccccc2)c(-c2ccnn2-c2ncccc2C)cc1OC. The molecule has 2 aromatic heterocycles. The number of benzene rings is 2. The van der Waals surface area contributed by atoms with Crippen molar-refractivity contribution < 1.29 is 14.2 Å². The van der Waals surface area contributed by atoms with Crippen molar-refractivity contribution in [1.82, 2.24) is 14.8 Å². The Morgan fingerprint density at radius 3 is 2.33 bits per heavy atom. The molecule has 4 aromatic rings. The maximum Gasteiger partial charge on any atom is 0.164 e. The number of methoxy groups -OCH3 is 2. The van der Waals surface area contributed by atoms with Crippen molar-refractivity contribution in [3.63, 3.8) is 0 Å². The fourth-order valence-electron chi connectivity index (χ4n) is 3.29. The average Bonchev–Trinajstić information content (AvgIpc) is 3.27. The van der Waals surface area contributed by atoms with Crippen LogP contribution in [-0.2, 0) is 6.61 Å². The molecule has 0 fully saturated rings. The van der Waals surface area contributed by atoms with Gasteiger partial charge in [0.25, 0.3) is 0 Å². The first-order valence-electron chi connectivity index (χ1n) is 9.60. The molecule has 0 saturated carbocycles. The summed E-state index contributed by atoms with van der Waals surface area (Å²) in [5.74, 6) is 2.66. The Bertz CT molecular complexity index is 1140. The van der Waals surface area contributed by atoms with Gasteiger partial charge in [0, 0.05) is 17.8 Å². The molecule has 0 amide bonds. The highest BCUT2D eigenvalue weighted by atomic mass is 16.5. The Morgan fingerprint density at radius 1 is 0.833 bits per heavy atom. The van der Waals surface area contributed by atoms with Gasteiger partial charge in [0.15, 0.2) is 17.3 Å². The minimum absolute atomic E-state index is 0.431. The van der Waals surface area contributed by atoms with Crippen molar-refractivity contribution in [2.45, 2.75) is 13.5 Å². The lowest BCUT2D eigenvalue weighted by atomic mass is 10.1. The van der Waals surface area contributed by atoms with Crippen molar-refractivity contribution in [2.24, 2.45) is 0 Å². The molecule has 2 aromatic carbocycles. The molecule has 30 heavy (non-hydrogen) atoms. The van der Waals surface area contributed by atoms with E-state index >= 15 is 0 Å². The molecule has 152 valence electrons. The zero-order valence-corrected chi connectivity index (χ0v) is 17.2. The van der Waals surface area contributed by atoms with Crippen LogP contribution in [0.2, 0.25) is 0 Å². The second-order valence-corrected chi connectivity index (χ2v) is 6.75. The standard InChI is InChI=1S/C24H23N3O3/c1-17-8-7-12-25-24(17)27-20(11-13-26-27)19-14-22(28-2)23(29-3)15-21(19)30-16-18-9-5-4-6-10-18/h4-15H,16H2,1-3H3. The Balaban J connectivity index is 1.81. The van der Waals surface area contributed by atoms with E-state index in [1.165, 1.54) is 0 Å². The van der Waals surface area contributed by atoms with Crippen molar-refractivity contribution in [1.29, 1.82) is 0 Å². The first-order valence-corrected chi connectivity index (χ1v) is 9.60. The number of nitrogens with zero attached hydrogens (tertiary/aromatic N) is 3. The number of aryl methyl sites for hydroxylation is 1. The normalized spacial score (nSPS) is 10.6. The third-order valence-electron chi connectivity index (χ3n) is 4.82. The van der Waals surface area contributed by atoms with Crippen LogP contribution in [0.3, 0.4) is 0 Å². The summed E-state index contributed by atoms with van der Waals surface area (Å²) in [5, 5.41) is 4.51. The smallest absolute Gasteiger partial charge is 0.164 e. The zero-order valence-electron chi connectivity index (χ0n) is 17.2. The lowest BCUT2D eigenvalue weighted by Crippen LogP contribution is -2.05. The quantitative estimate of drug-likeness (QED) is 0.444. The molecule has 0 saturated heterocycles. The predicted octanol–water partition coefficient (Wildman–Crippen LogP) is 4.84. The van der Waals surface area contributed by atoms with Crippen LogP contribution in [-0.4, -0.2) is 29.0 Å². The van der Waals surface area contributed by atoms with E-state index in [0.717, 1.165) is 28.2 Å². The number of hydrogen-bond acceptors (Lipinski definition) is 5. The molecular weight excluding hydrogens is 378 g/mol. The summed E-state index contributed by atoms with van der Waals surface area (Å²) in [6.07, 6.45) is 3.51. The van der Waals surface area contributed by atoms with Gasteiger partial charge in [-0.1, -0.05) is 36.4 Å². The van der Waals surface area contributed by atoms with Gasteiger partial charge >= 0.3 is 0 Å². The molecular formula is C24H23N3O3. The van der Waals surface area contributed by atoms with Crippen LogP contribution in [0.5, 0.6) is 17.2 Å². The number of rotatable bonds is 7. The van der Waals surface area contributed by atoms with Crippen molar-refractivity contribution in [2.75, 3.05) is 14.2 Å². The van der Waals surface area contributed by atoms with E-state index in [2.05, 4.69) is 10.1 Å². The maximum absolute atomic E-state index is 6.21. The number of pyridine rings is 1. The Hall–Kier alpha value is -3.80. The van der Waals surface area contributed by atoms with E-state index < -0.39 is 0 Å². The Labute approximate surface area is 175 Å². The van der Waals surface area contributed by atoms with Gasteiger partial charge in [-0.3, -0.25) is 0 Å². The van der Waals surface area contributed by atoms with Gasteiger partial charge < -0.3 is 14.2 Å². The average molecular weight is 401 g/mol. The first kappa shape index (κ1) is 19.5. The highest BCUT2D eigenvalue weighted by Crippen LogP contribution is 2.41. The number of aromatic nitrogens is 3. The van der Waals surface area contributed by atoms with Gasteiger partial charge in [-0.05, 0) is 36.2 Å². The third-order valence-corrected chi connectivity index (χ3v) is 4.82. The molecule has 0 aliphatic carbocycles. The number of ether oxygens (including phenoxy) is 3. The van der Waals surface area contributed by atoms with Crippen LogP contribution < -0.4 is 14.2 Å². The summed E-state index contributed by atoms with van der Waals surface area (Å²) in [6, 6.07) is 19.6. The van der Waals surface area contributed by atoms with Crippen LogP contribution in [0.15, 0.2) is 73.1 Å². The van der Waals surface area contributed by atoms with Gasteiger partial charge in [-0.2, -0.15) is 5.10 Å². The fraction of sp³-hybridized carbons (Fsp3) is 0.167. The van der Waals surface area contributed by atoms with Gasteiger partial charge in [-0.15, -0.1) is 0 Å². The summed E-state index contributed by atoms with van der Waals surface area (Å²) >= 11 is 0. The molecule has 0 unspecified atom stereocenters. The molecule has 0 aliphatic rings. The second-order valence-electron chi connectivity index (χ2n) is 6.75. The van der Waals surface area contributed by atoms with E-state index in [4.69, 9.17) is 14.2 Å². The van der Waals surface area contributed by atoms with E-state index in [1.807, 2.05) is 72.3 Å². The Morgan fingerprint density at radius 2 is 1.60 bits per heavy atom. The van der Waals surface area contributed by atoms with Gasteiger partial charge in [0.1, 0.15) is 12.4 Å². The molecule has 0 spiro atoms. The molecule has 2 heterocycles. The zero-order chi connectivity index (χ0) is 20.9. The highest BCUT2D eigenvalue weighted by Gasteiger charge is 2.19. The van der Waals surface area contributed by atoms with Crippen LogP contribution in [0.25, 0.3) is 17.1 Å². The topological polar surface area (TPSA) is 58.4 Å². The van der Waals surface area contributed by atoms with Crippen molar-refractivity contribution in [3.05, 3.63) is 84.2 Å². The van der Waals surface area contributed by atoms with E-state index in [0.29, 0.717) is 23.9 Å². The van der Waals surface area contributed by atoms with Gasteiger partial charge in [0.2, 0.25) is 0 Å². The molecule has 0 N–H and O–H groups in total. The Kier molecular flexibility index (Phi) is 5.66. The molecule has 0 radical (unpaired) electrons.